The van der Waals surface area contributed by atoms with Gasteiger partial charge in [-0.1, -0.05) is 28.1 Å². The standard InChI is InChI=1S/C10H9BrFNO2/c1-7-5-9(12)8(3-2-4-11)6-10(7)13(14)15/h2-3,5-6H,4H2,1H3. The molecule has 3 nitrogen and oxygen atoms in total. The van der Waals surface area contributed by atoms with E-state index in [-0.39, 0.29) is 11.3 Å². The van der Waals surface area contributed by atoms with Crippen LogP contribution in [0.5, 0.6) is 0 Å². The van der Waals surface area contributed by atoms with E-state index in [9.17, 15) is 14.5 Å². The summed E-state index contributed by atoms with van der Waals surface area (Å²) in [5, 5.41) is 11.2. The Hall–Kier alpha value is -1.23. The maximum Gasteiger partial charge on any atom is 0.273 e. The lowest BCUT2D eigenvalue weighted by molar-refractivity contribution is -0.385. The number of halogens is 2. The predicted molar refractivity (Wildman–Crippen MR) is 60.6 cm³/mol. The van der Waals surface area contributed by atoms with E-state index in [1.165, 1.54) is 25.1 Å². The van der Waals surface area contributed by atoms with E-state index in [4.69, 9.17) is 0 Å². The van der Waals surface area contributed by atoms with Gasteiger partial charge in [-0.05, 0) is 13.0 Å². The highest BCUT2D eigenvalue weighted by atomic mass is 79.9. The Bertz CT molecular complexity index is 418. The average molecular weight is 274 g/mol. The van der Waals surface area contributed by atoms with E-state index in [0.29, 0.717) is 10.9 Å². The molecule has 0 unspecified atom stereocenters. The molecule has 0 radical (unpaired) electrons. The van der Waals surface area contributed by atoms with Gasteiger partial charge < -0.3 is 0 Å². The van der Waals surface area contributed by atoms with Crippen molar-refractivity contribution < 1.29 is 9.31 Å². The number of hydrogen-bond acceptors (Lipinski definition) is 2. The minimum Gasteiger partial charge on any atom is -0.258 e. The highest BCUT2D eigenvalue weighted by Gasteiger charge is 2.13. The second kappa shape index (κ2) is 5.02. The van der Waals surface area contributed by atoms with Crippen LogP contribution in [0.25, 0.3) is 6.08 Å². The molecule has 5 heteroatoms. The topological polar surface area (TPSA) is 43.1 Å². The fourth-order valence-electron chi connectivity index (χ4n) is 1.17. The molecule has 0 amide bonds. The molecule has 0 saturated carbocycles. The molecule has 0 N–H and O–H groups in total. The van der Waals surface area contributed by atoms with Crippen molar-refractivity contribution in [2.45, 2.75) is 6.92 Å². The summed E-state index contributed by atoms with van der Waals surface area (Å²) in [6.07, 6.45) is 3.19. The summed E-state index contributed by atoms with van der Waals surface area (Å²) in [7, 11) is 0. The fourth-order valence-corrected chi connectivity index (χ4v) is 1.36. The first-order valence-electron chi connectivity index (χ1n) is 4.23. The molecule has 80 valence electrons. The van der Waals surface area contributed by atoms with Crippen LogP contribution in [0.3, 0.4) is 0 Å². The van der Waals surface area contributed by atoms with Crippen LogP contribution in [0.2, 0.25) is 0 Å². The smallest absolute Gasteiger partial charge is 0.258 e. The monoisotopic (exact) mass is 273 g/mol. The largest absolute Gasteiger partial charge is 0.273 e. The first kappa shape index (κ1) is 11.8. The van der Waals surface area contributed by atoms with Gasteiger partial charge in [-0.25, -0.2) is 4.39 Å². The van der Waals surface area contributed by atoms with Crippen molar-refractivity contribution in [2.24, 2.45) is 0 Å². The molecule has 0 atom stereocenters. The SMILES string of the molecule is Cc1cc(F)c(C=CCBr)cc1[N+](=O)[O-]. The summed E-state index contributed by atoms with van der Waals surface area (Å²) < 4.78 is 13.3. The van der Waals surface area contributed by atoms with Gasteiger partial charge in [0, 0.05) is 22.5 Å². The fraction of sp³-hybridized carbons (Fsp3) is 0.200. The molecule has 0 fully saturated rings. The molecule has 0 saturated heterocycles. The zero-order valence-corrected chi connectivity index (χ0v) is 9.62. The Morgan fingerprint density at radius 3 is 2.80 bits per heavy atom. The summed E-state index contributed by atoms with van der Waals surface area (Å²) in [4.78, 5) is 10.1. The summed E-state index contributed by atoms with van der Waals surface area (Å²) in [5.41, 5.74) is 0.492. The van der Waals surface area contributed by atoms with Gasteiger partial charge in [-0.2, -0.15) is 0 Å². The molecule has 1 aromatic rings. The van der Waals surface area contributed by atoms with Gasteiger partial charge in [0.1, 0.15) is 5.82 Å². The van der Waals surface area contributed by atoms with Gasteiger partial charge >= 0.3 is 0 Å². The van der Waals surface area contributed by atoms with Crippen molar-refractivity contribution in [1.82, 2.24) is 0 Å². The zero-order valence-electron chi connectivity index (χ0n) is 8.04. The van der Waals surface area contributed by atoms with E-state index in [1.54, 1.807) is 6.08 Å². The first-order chi connectivity index (χ1) is 7.06. The van der Waals surface area contributed by atoms with E-state index in [2.05, 4.69) is 15.9 Å². The summed E-state index contributed by atoms with van der Waals surface area (Å²) >= 11 is 3.15. The van der Waals surface area contributed by atoms with Crippen LogP contribution in [0.1, 0.15) is 11.1 Å². The highest BCUT2D eigenvalue weighted by Crippen LogP contribution is 2.23. The minimum atomic E-state index is -0.514. The number of alkyl halides is 1. The Balaban J connectivity index is 3.23. The lowest BCUT2D eigenvalue weighted by atomic mass is 10.1. The van der Waals surface area contributed by atoms with Gasteiger partial charge in [-0.15, -0.1) is 0 Å². The van der Waals surface area contributed by atoms with Gasteiger partial charge in [0.15, 0.2) is 0 Å². The van der Waals surface area contributed by atoms with Crippen LogP contribution in [0.4, 0.5) is 10.1 Å². The lowest BCUT2D eigenvalue weighted by Gasteiger charge is -2.00. The number of nitrogens with zero attached hydrogens (tertiary/aromatic N) is 1. The third kappa shape index (κ3) is 2.86. The number of aryl methyl sites for hydroxylation is 1. The van der Waals surface area contributed by atoms with Crippen LogP contribution < -0.4 is 0 Å². The van der Waals surface area contributed by atoms with Crippen LogP contribution in [0.15, 0.2) is 18.2 Å². The molecule has 0 spiro atoms. The third-order valence-corrected chi connectivity index (χ3v) is 2.27. The molecule has 0 aliphatic heterocycles. The van der Waals surface area contributed by atoms with Crippen molar-refractivity contribution in [3.05, 3.63) is 45.3 Å². The Labute approximate surface area is 94.9 Å². The number of hydrogen-bond donors (Lipinski definition) is 0. The Morgan fingerprint density at radius 2 is 2.27 bits per heavy atom. The molecule has 0 aliphatic carbocycles. The number of nitro benzene ring substituents is 1. The van der Waals surface area contributed by atoms with E-state index in [1.807, 2.05) is 0 Å². The Kier molecular flexibility index (Phi) is 3.96. The zero-order chi connectivity index (χ0) is 11.4. The summed E-state index contributed by atoms with van der Waals surface area (Å²) in [6.45, 7) is 1.51. The minimum absolute atomic E-state index is 0.0642. The number of allylic oxidation sites excluding steroid dienone is 1. The number of rotatable bonds is 3. The molecule has 0 heterocycles. The molecule has 1 rings (SSSR count). The summed E-state index contributed by atoms with van der Waals surface area (Å²) in [6, 6.07) is 2.41. The maximum atomic E-state index is 13.3. The molecule has 0 aliphatic rings. The number of benzene rings is 1. The van der Waals surface area contributed by atoms with E-state index < -0.39 is 10.7 Å². The second-order valence-corrected chi connectivity index (χ2v) is 3.62. The molecule has 0 bridgehead atoms. The first-order valence-corrected chi connectivity index (χ1v) is 5.35. The van der Waals surface area contributed by atoms with Crippen molar-refractivity contribution in [2.75, 3.05) is 5.33 Å². The van der Waals surface area contributed by atoms with Gasteiger partial charge in [0.2, 0.25) is 0 Å². The number of nitro groups is 1. The van der Waals surface area contributed by atoms with Crippen molar-refractivity contribution >= 4 is 27.7 Å². The van der Waals surface area contributed by atoms with Crippen LogP contribution >= 0.6 is 15.9 Å². The Morgan fingerprint density at radius 1 is 1.60 bits per heavy atom. The summed E-state index contributed by atoms with van der Waals surface area (Å²) in [5.74, 6) is -0.449. The predicted octanol–water partition coefficient (Wildman–Crippen LogP) is 3.45. The van der Waals surface area contributed by atoms with Gasteiger partial charge in [-0.3, -0.25) is 10.1 Å². The van der Waals surface area contributed by atoms with Crippen molar-refractivity contribution in [1.29, 1.82) is 0 Å². The normalized spacial score (nSPS) is 10.9. The maximum absolute atomic E-state index is 13.3. The lowest BCUT2D eigenvalue weighted by Crippen LogP contribution is -1.94. The van der Waals surface area contributed by atoms with Crippen molar-refractivity contribution in [3.8, 4) is 0 Å². The highest BCUT2D eigenvalue weighted by molar-refractivity contribution is 9.09. The molecular weight excluding hydrogens is 265 g/mol. The second-order valence-electron chi connectivity index (χ2n) is 2.97. The van der Waals surface area contributed by atoms with Crippen LogP contribution in [0, 0.1) is 22.9 Å². The van der Waals surface area contributed by atoms with E-state index >= 15 is 0 Å². The van der Waals surface area contributed by atoms with Crippen LogP contribution in [-0.4, -0.2) is 10.3 Å². The molecule has 15 heavy (non-hydrogen) atoms. The third-order valence-electron chi connectivity index (χ3n) is 1.90. The van der Waals surface area contributed by atoms with Crippen LogP contribution in [-0.2, 0) is 0 Å². The van der Waals surface area contributed by atoms with Gasteiger partial charge in [0.05, 0.1) is 4.92 Å². The molecular formula is C10H9BrFNO2. The van der Waals surface area contributed by atoms with Gasteiger partial charge in [0.25, 0.3) is 5.69 Å². The average Bonchev–Trinajstić information content (AvgIpc) is 2.16. The molecule has 0 aromatic heterocycles. The van der Waals surface area contributed by atoms with E-state index in [0.717, 1.165) is 0 Å². The quantitative estimate of drug-likeness (QED) is 0.481. The molecule has 1 aromatic carbocycles. The van der Waals surface area contributed by atoms with Crippen molar-refractivity contribution in [3.63, 3.8) is 0 Å².